The Morgan fingerprint density at radius 3 is 2.00 bits per heavy atom. The van der Waals surface area contributed by atoms with Crippen LogP contribution in [0.25, 0.3) is 17.4 Å². The first-order valence-electron chi connectivity index (χ1n) is 11.4. The molecule has 0 unspecified atom stereocenters. The Morgan fingerprint density at radius 1 is 0.868 bits per heavy atom. The minimum atomic E-state index is -0.581. The van der Waals surface area contributed by atoms with Crippen LogP contribution in [-0.4, -0.2) is 30.0 Å². The summed E-state index contributed by atoms with van der Waals surface area (Å²) in [4.78, 5) is 41.8. The monoisotopic (exact) mass is 542 g/mol. The van der Waals surface area contributed by atoms with E-state index in [1.807, 2.05) is 12.1 Å². The highest BCUT2D eigenvalue weighted by Gasteiger charge is 2.41. The van der Waals surface area contributed by atoms with Crippen molar-refractivity contribution in [3.8, 4) is 11.3 Å². The van der Waals surface area contributed by atoms with E-state index in [9.17, 15) is 14.4 Å². The maximum absolute atomic E-state index is 13.6. The van der Waals surface area contributed by atoms with Crippen LogP contribution in [0.5, 0.6) is 0 Å². The molecule has 7 nitrogen and oxygen atoms in total. The van der Waals surface area contributed by atoms with Crippen LogP contribution in [0.1, 0.15) is 16.1 Å². The summed E-state index contributed by atoms with van der Waals surface area (Å²) in [6, 6.07) is 25.6. The van der Waals surface area contributed by atoms with Gasteiger partial charge in [-0.25, -0.2) is 4.79 Å². The number of hydrogen-bond acceptors (Lipinski definition) is 6. The van der Waals surface area contributed by atoms with Crippen LogP contribution in [0, 0.1) is 0 Å². The van der Waals surface area contributed by atoms with Gasteiger partial charge in [0.2, 0.25) is 0 Å². The predicted octanol–water partition coefficient (Wildman–Crippen LogP) is 6.13. The molecule has 1 aromatic heterocycles. The SMILES string of the molecule is COC(=O)c1ccc(Cl)c(-c2ccc(C=C3C(=O)N(c4ccccc4)C(=S)N(c4ccccc4)C3=O)o2)c1. The van der Waals surface area contributed by atoms with Gasteiger partial charge in [0.15, 0.2) is 5.11 Å². The number of anilines is 2. The van der Waals surface area contributed by atoms with Crippen molar-refractivity contribution in [2.75, 3.05) is 16.9 Å². The van der Waals surface area contributed by atoms with Crippen LogP contribution in [0.3, 0.4) is 0 Å². The van der Waals surface area contributed by atoms with Gasteiger partial charge in [-0.3, -0.25) is 19.4 Å². The van der Waals surface area contributed by atoms with Gasteiger partial charge in [-0.15, -0.1) is 0 Å². The number of benzene rings is 3. The van der Waals surface area contributed by atoms with E-state index in [0.29, 0.717) is 33.3 Å². The van der Waals surface area contributed by atoms with E-state index in [-0.39, 0.29) is 16.4 Å². The van der Waals surface area contributed by atoms with Gasteiger partial charge in [0.1, 0.15) is 17.1 Å². The van der Waals surface area contributed by atoms with E-state index >= 15 is 0 Å². The van der Waals surface area contributed by atoms with Gasteiger partial charge in [-0.1, -0.05) is 48.0 Å². The zero-order valence-electron chi connectivity index (χ0n) is 20.0. The van der Waals surface area contributed by atoms with Crippen molar-refractivity contribution >= 4 is 64.2 Å². The van der Waals surface area contributed by atoms with Gasteiger partial charge in [-0.2, -0.15) is 0 Å². The Labute approximate surface area is 228 Å². The molecule has 4 aromatic rings. The van der Waals surface area contributed by atoms with Crippen LogP contribution < -0.4 is 9.80 Å². The van der Waals surface area contributed by atoms with Crippen molar-refractivity contribution in [1.29, 1.82) is 0 Å². The molecule has 1 saturated heterocycles. The summed E-state index contributed by atoms with van der Waals surface area (Å²) in [5, 5.41) is 0.396. The number of esters is 1. The normalized spacial score (nSPS) is 13.6. The summed E-state index contributed by atoms with van der Waals surface area (Å²) in [6.45, 7) is 0. The Bertz CT molecular complexity index is 1530. The fourth-order valence-electron chi connectivity index (χ4n) is 4.02. The van der Waals surface area contributed by atoms with Crippen molar-refractivity contribution in [3.63, 3.8) is 0 Å². The summed E-state index contributed by atoms with van der Waals surface area (Å²) in [7, 11) is 1.29. The van der Waals surface area contributed by atoms with Crippen LogP contribution in [-0.2, 0) is 14.3 Å². The fraction of sp³-hybridized carbons (Fsp3) is 0.0345. The van der Waals surface area contributed by atoms with Crippen molar-refractivity contribution in [1.82, 2.24) is 0 Å². The first-order chi connectivity index (χ1) is 18.4. The molecule has 5 rings (SSSR count). The van der Waals surface area contributed by atoms with Crippen LogP contribution in [0.15, 0.2) is 101 Å². The van der Waals surface area contributed by atoms with Gasteiger partial charge in [0.05, 0.1) is 29.1 Å². The smallest absolute Gasteiger partial charge is 0.337 e. The van der Waals surface area contributed by atoms with E-state index in [1.165, 1.54) is 23.0 Å². The van der Waals surface area contributed by atoms with E-state index < -0.39 is 17.8 Å². The number of hydrogen-bond donors (Lipinski definition) is 0. The third-order valence-corrected chi connectivity index (χ3v) is 6.54. The number of amides is 2. The van der Waals surface area contributed by atoms with Crippen molar-refractivity contribution in [2.24, 2.45) is 0 Å². The van der Waals surface area contributed by atoms with Gasteiger partial charge < -0.3 is 9.15 Å². The number of para-hydroxylation sites is 2. The summed E-state index contributed by atoms with van der Waals surface area (Å²) < 4.78 is 10.7. The Hall–Kier alpha value is -4.53. The Morgan fingerprint density at radius 2 is 1.45 bits per heavy atom. The minimum absolute atomic E-state index is 0.0427. The first kappa shape index (κ1) is 25.1. The summed E-state index contributed by atoms with van der Waals surface area (Å²) in [5.74, 6) is -1.10. The lowest BCUT2D eigenvalue weighted by molar-refractivity contribution is -0.120. The maximum atomic E-state index is 13.6. The molecule has 0 saturated carbocycles. The minimum Gasteiger partial charge on any atom is -0.465 e. The van der Waals surface area contributed by atoms with E-state index in [1.54, 1.807) is 78.9 Å². The predicted molar refractivity (Wildman–Crippen MR) is 149 cm³/mol. The average Bonchev–Trinajstić information content (AvgIpc) is 3.40. The maximum Gasteiger partial charge on any atom is 0.337 e. The lowest BCUT2D eigenvalue weighted by Gasteiger charge is -2.36. The summed E-state index contributed by atoms with van der Waals surface area (Å²) in [6.07, 6.45) is 1.37. The number of halogens is 1. The molecular formula is C29H19ClN2O5S. The number of methoxy groups -OCH3 is 1. The van der Waals surface area contributed by atoms with E-state index in [0.717, 1.165) is 0 Å². The topological polar surface area (TPSA) is 80.1 Å². The van der Waals surface area contributed by atoms with Gasteiger partial charge in [0, 0.05) is 5.56 Å². The number of carbonyl (C=O) groups is 3. The van der Waals surface area contributed by atoms with Gasteiger partial charge >= 0.3 is 5.97 Å². The highest BCUT2D eigenvalue weighted by atomic mass is 35.5. The zero-order chi connectivity index (χ0) is 26.8. The molecule has 2 amide bonds. The third-order valence-electron chi connectivity index (χ3n) is 5.84. The van der Waals surface area contributed by atoms with Crippen molar-refractivity contribution < 1.29 is 23.5 Å². The molecule has 2 heterocycles. The van der Waals surface area contributed by atoms with E-state index in [4.69, 9.17) is 33.0 Å². The Balaban J connectivity index is 1.58. The Kier molecular flexibility index (Phi) is 6.91. The van der Waals surface area contributed by atoms with Crippen molar-refractivity contribution in [2.45, 2.75) is 0 Å². The molecule has 1 fully saturated rings. The second-order valence-corrected chi connectivity index (χ2v) is 8.95. The molecule has 0 atom stereocenters. The molecule has 0 aliphatic carbocycles. The molecular weight excluding hydrogens is 524 g/mol. The first-order valence-corrected chi connectivity index (χ1v) is 12.2. The fourth-order valence-corrected chi connectivity index (χ4v) is 4.60. The number of rotatable bonds is 5. The average molecular weight is 543 g/mol. The molecule has 0 N–H and O–H groups in total. The van der Waals surface area contributed by atoms with Crippen LogP contribution >= 0.6 is 23.8 Å². The number of thiocarbonyl (C=S) groups is 1. The zero-order valence-corrected chi connectivity index (χ0v) is 21.5. The molecule has 188 valence electrons. The quantitative estimate of drug-likeness (QED) is 0.130. The molecule has 0 radical (unpaired) electrons. The number of carbonyl (C=O) groups excluding carboxylic acids is 3. The molecule has 38 heavy (non-hydrogen) atoms. The van der Waals surface area contributed by atoms with E-state index in [2.05, 4.69) is 0 Å². The molecule has 9 heteroatoms. The second kappa shape index (κ2) is 10.5. The lowest BCUT2D eigenvalue weighted by Crippen LogP contribution is -2.56. The number of ether oxygens (including phenoxy) is 1. The largest absolute Gasteiger partial charge is 0.465 e. The second-order valence-electron chi connectivity index (χ2n) is 8.18. The highest BCUT2D eigenvalue weighted by Crippen LogP contribution is 2.33. The highest BCUT2D eigenvalue weighted by molar-refractivity contribution is 7.81. The van der Waals surface area contributed by atoms with Gasteiger partial charge in [-0.05, 0) is 72.9 Å². The molecule has 1 aliphatic rings. The lowest BCUT2D eigenvalue weighted by atomic mass is 10.1. The third kappa shape index (κ3) is 4.63. The molecule has 0 bridgehead atoms. The summed E-state index contributed by atoms with van der Waals surface area (Å²) >= 11 is 12.0. The molecule has 0 spiro atoms. The van der Waals surface area contributed by atoms with Crippen LogP contribution in [0.2, 0.25) is 5.02 Å². The molecule has 3 aromatic carbocycles. The number of nitrogens with zero attached hydrogens (tertiary/aromatic N) is 2. The van der Waals surface area contributed by atoms with Gasteiger partial charge in [0.25, 0.3) is 11.8 Å². The number of furan rings is 1. The molecule has 1 aliphatic heterocycles. The summed E-state index contributed by atoms with van der Waals surface area (Å²) in [5.41, 5.74) is 1.66. The van der Waals surface area contributed by atoms with Crippen LogP contribution in [0.4, 0.5) is 11.4 Å². The van der Waals surface area contributed by atoms with Crippen molar-refractivity contribution in [3.05, 3.63) is 113 Å². The standard InChI is InChI=1S/C29H19ClN2O5S/c1-36-28(35)18-12-14-24(30)22(16-18)25-15-13-21(37-25)17-23-26(33)31(19-8-4-2-5-9-19)29(38)32(27(23)34)20-10-6-3-7-11-20/h2-17H,1H3.